The van der Waals surface area contributed by atoms with E-state index in [2.05, 4.69) is 21.3 Å². The van der Waals surface area contributed by atoms with E-state index in [1.54, 1.807) is 13.8 Å². The Morgan fingerprint density at radius 1 is 0.886 bits per heavy atom. The second-order valence-corrected chi connectivity index (χ2v) is 8.45. The number of ketones is 1. The molecule has 1 aromatic carbocycles. The molecule has 35 heavy (non-hydrogen) atoms. The summed E-state index contributed by atoms with van der Waals surface area (Å²) in [7, 11) is 0. The summed E-state index contributed by atoms with van der Waals surface area (Å²) in [6.45, 7) is 3.88. The van der Waals surface area contributed by atoms with Crippen LogP contribution in [-0.2, 0) is 35.2 Å². The summed E-state index contributed by atoms with van der Waals surface area (Å²) in [6.07, 6.45) is 1.07. The fourth-order valence-electron chi connectivity index (χ4n) is 3.20. The van der Waals surface area contributed by atoms with Crippen LogP contribution in [0.5, 0.6) is 0 Å². The summed E-state index contributed by atoms with van der Waals surface area (Å²) < 4.78 is 0. The molecule has 0 saturated heterocycles. The summed E-state index contributed by atoms with van der Waals surface area (Å²) >= 11 is 0. The topological polar surface area (TPSA) is 171 Å². The van der Waals surface area contributed by atoms with Crippen molar-refractivity contribution in [3.8, 4) is 0 Å². The van der Waals surface area contributed by atoms with E-state index in [0.717, 1.165) is 18.9 Å². The molecule has 0 bridgehead atoms. The third-order valence-electron chi connectivity index (χ3n) is 4.99. The number of carboxylic acid groups (broad SMARTS) is 1. The number of rotatable bonds is 15. The third kappa shape index (κ3) is 12.3. The van der Waals surface area contributed by atoms with Crippen molar-refractivity contribution >= 4 is 35.4 Å². The second kappa shape index (κ2) is 15.2. The lowest BCUT2D eigenvalue weighted by Crippen LogP contribution is -2.54. The highest BCUT2D eigenvalue weighted by Gasteiger charge is 2.26. The lowest BCUT2D eigenvalue weighted by molar-refractivity contribution is -0.140. The predicted molar refractivity (Wildman–Crippen MR) is 127 cm³/mol. The first-order valence-corrected chi connectivity index (χ1v) is 11.4. The van der Waals surface area contributed by atoms with Crippen molar-refractivity contribution in [1.82, 2.24) is 21.3 Å². The number of hydrogen-bond donors (Lipinski definition) is 5. The number of hydrogen-bond acceptors (Lipinski definition) is 6. The molecule has 0 aliphatic heterocycles. The van der Waals surface area contributed by atoms with E-state index in [1.165, 1.54) is 0 Å². The molecule has 0 aliphatic rings. The minimum Gasteiger partial charge on any atom is -0.481 e. The Morgan fingerprint density at radius 2 is 1.51 bits per heavy atom. The smallest absolute Gasteiger partial charge is 0.305 e. The van der Waals surface area contributed by atoms with Crippen molar-refractivity contribution < 1.29 is 33.9 Å². The van der Waals surface area contributed by atoms with Gasteiger partial charge in [0.2, 0.25) is 23.6 Å². The van der Waals surface area contributed by atoms with Gasteiger partial charge in [0, 0.05) is 13.3 Å². The van der Waals surface area contributed by atoms with Crippen LogP contribution in [0.25, 0.3) is 0 Å². The van der Waals surface area contributed by atoms with Crippen molar-refractivity contribution in [1.29, 1.82) is 0 Å². The van der Waals surface area contributed by atoms with E-state index in [4.69, 9.17) is 5.11 Å². The normalized spacial score (nSPS) is 12.2. The number of aliphatic carboxylic acids is 1. The SMILES string of the molecule is CC(=O)N[C@@H](CC(=O)O)C(=O)NCC(=O)NC(C(=O)NCC(=O)CCCc1ccccc1)C(C)C. The maximum atomic E-state index is 12.5. The van der Waals surface area contributed by atoms with Gasteiger partial charge in [0.15, 0.2) is 5.78 Å². The van der Waals surface area contributed by atoms with Gasteiger partial charge in [-0.3, -0.25) is 28.8 Å². The van der Waals surface area contributed by atoms with Gasteiger partial charge in [-0.25, -0.2) is 0 Å². The quantitative estimate of drug-likeness (QED) is 0.229. The standard InChI is InChI=1S/C24H34N4O7/c1-15(2)22(24(35)25-13-18(30)11-7-10-17-8-5-4-6-9-17)28-20(31)14-26-23(34)19(12-21(32)33)27-16(3)29/h4-6,8-9,15,19,22H,7,10-14H2,1-3H3,(H,25,35)(H,26,34)(H,27,29)(H,28,31)(H,32,33)/t19-,22?/m0/s1. The molecule has 4 amide bonds. The van der Waals surface area contributed by atoms with Gasteiger partial charge in [0.05, 0.1) is 19.5 Å². The van der Waals surface area contributed by atoms with Gasteiger partial charge < -0.3 is 26.4 Å². The predicted octanol–water partition coefficient (Wildman–Crippen LogP) is -0.0690. The van der Waals surface area contributed by atoms with E-state index in [1.807, 2.05) is 30.3 Å². The third-order valence-corrected chi connectivity index (χ3v) is 4.99. The van der Waals surface area contributed by atoms with Crippen LogP contribution in [0, 0.1) is 5.92 Å². The van der Waals surface area contributed by atoms with Crippen LogP contribution in [-0.4, -0.2) is 65.7 Å². The van der Waals surface area contributed by atoms with Gasteiger partial charge in [-0.05, 0) is 24.3 Å². The van der Waals surface area contributed by atoms with Crippen LogP contribution in [0.4, 0.5) is 0 Å². The highest BCUT2D eigenvalue weighted by atomic mass is 16.4. The van der Waals surface area contributed by atoms with Crippen LogP contribution < -0.4 is 21.3 Å². The number of carbonyl (C=O) groups is 6. The number of nitrogens with one attached hydrogen (secondary N) is 4. The Bertz CT molecular complexity index is 886. The van der Waals surface area contributed by atoms with Crippen LogP contribution in [0.1, 0.15) is 45.6 Å². The van der Waals surface area contributed by atoms with Gasteiger partial charge >= 0.3 is 5.97 Å². The lowest BCUT2D eigenvalue weighted by atomic mass is 10.0. The minimum atomic E-state index is -1.34. The second-order valence-electron chi connectivity index (χ2n) is 8.45. The number of benzene rings is 1. The van der Waals surface area contributed by atoms with E-state index in [9.17, 15) is 28.8 Å². The number of Topliss-reactive ketones (excluding diaryl/α,β-unsaturated/α-hetero) is 1. The Morgan fingerprint density at radius 3 is 2.09 bits per heavy atom. The molecule has 0 spiro atoms. The molecule has 192 valence electrons. The summed E-state index contributed by atoms with van der Waals surface area (Å²) in [5.41, 5.74) is 1.13. The van der Waals surface area contributed by atoms with Gasteiger partial charge in [0.25, 0.3) is 0 Å². The first-order chi connectivity index (χ1) is 16.5. The maximum absolute atomic E-state index is 12.5. The highest BCUT2D eigenvalue weighted by molar-refractivity contribution is 5.94. The molecule has 0 aliphatic carbocycles. The van der Waals surface area contributed by atoms with Gasteiger partial charge in [0.1, 0.15) is 12.1 Å². The van der Waals surface area contributed by atoms with Crippen LogP contribution in [0.15, 0.2) is 30.3 Å². The molecule has 0 heterocycles. The Hall–Kier alpha value is -3.76. The maximum Gasteiger partial charge on any atom is 0.305 e. The molecule has 1 rings (SSSR count). The first-order valence-electron chi connectivity index (χ1n) is 11.4. The molecule has 1 unspecified atom stereocenters. The van der Waals surface area contributed by atoms with Crippen molar-refractivity contribution in [2.24, 2.45) is 5.92 Å². The van der Waals surface area contributed by atoms with E-state index in [-0.39, 0.29) is 18.2 Å². The average molecular weight is 491 g/mol. The minimum absolute atomic E-state index is 0.127. The van der Waals surface area contributed by atoms with Crippen molar-refractivity contribution in [2.45, 2.75) is 58.5 Å². The van der Waals surface area contributed by atoms with E-state index in [0.29, 0.717) is 12.8 Å². The molecule has 2 atom stereocenters. The van der Waals surface area contributed by atoms with Crippen molar-refractivity contribution in [2.75, 3.05) is 13.1 Å². The molecule has 0 fully saturated rings. The molecule has 11 nitrogen and oxygen atoms in total. The number of aryl methyl sites for hydroxylation is 1. The highest BCUT2D eigenvalue weighted by Crippen LogP contribution is 2.05. The molecule has 0 saturated carbocycles. The van der Waals surface area contributed by atoms with Crippen LogP contribution in [0.3, 0.4) is 0 Å². The summed E-state index contributed by atoms with van der Waals surface area (Å²) in [4.78, 5) is 71.1. The monoisotopic (exact) mass is 490 g/mol. The zero-order valence-corrected chi connectivity index (χ0v) is 20.3. The summed E-state index contributed by atoms with van der Waals surface area (Å²) in [5, 5.41) is 18.4. The number of carbonyl (C=O) groups excluding carboxylic acids is 5. The Labute approximate surface area is 204 Å². The zero-order chi connectivity index (χ0) is 26.4. The Kier molecular flexibility index (Phi) is 12.7. The molecule has 1 aromatic rings. The Balaban J connectivity index is 2.48. The average Bonchev–Trinajstić information content (AvgIpc) is 2.78. The molecular weight excluding hydrogens is 456 g/mol. The largest absolute Gasteiger partial charge is 0.481 e. The fraction of sp³-hybridized carbons (Fsp3) is 0.500. The number of amides is 4. The van der Waals surface area contributed by atoms with E-state index < -0.39 is 54.6 Å². The molecule has 5 N–H and O–H groups in total. The van der Waals surface area contributed by atoms with Gasteiger partial charge in [-0.1, -0.05) is 44.2 Å². The van der Waals surface area contributed by atoms with E-state index >= 15 is 0 Å². The van der Waals surface area contributed by atoms with Crippen molar-refractivity contribution in [3.63, 3.8) is 0 Å². The van der Waals surface area contributed by atoms with Crippen LogP contribution in [0.2, 0.25) is 0 Å². The van der Waals surface area contributed by atoms with Gasteiger partial charge in [-0.2, -0.15) is 0 Å². The summed E-state index contributed by atoms with van der Waals surface area (Å²) in [5.74, 6) is -4.38. The molecule has 0 radical (unpaired) electrons. The van der Waals surface area contributed by atoms with Crippen molar-refractivity contribution in [3.05, 3.63) is 35.9 Å². The lowest BCUT2D eigenvalue weighted by Gasteiger charge is -2.22. The first kappa shape index (κ1) is 29.3. The van der Waals surface area contributed by atoms with Crippen LogP contribution >= 0.6 is 0 Å². The zero-order valence-electron chi connectivity index (χ0n) is 20.3. The molecule has 11 heteroatoms. The molecular formula is C24H34N4O7. The molecule has 0 aromatic heterocycles. The summed E-state index contributed by atoms with van der Waals surface area (Å²) in [6, 6.07) is 7.47. The van der Waals surface area contributed by atoms with Gasteiger partial charge in [-0.15, -0.1) is 0 Å². The fourth-order valence-corrected chi connectivity index (χ4v) is 3.20. The number of carboxylic acids is 1.